The Hall–Kier alpha value is -1.83. The van der Waals surface area contributed by atoms with Crippen LogP contribution in [0.5, 0.6) is 0 Å². The number of hydrogen-bond donors (Lipinski definition) is 3. The Morgan fingerprint density at radius 2 is 2.00 bits per heavy atom. The Labute approximate surface area is 123 Å². The topological polar surface area (TPSA) is 110 Å². The number of nitrogens with zero attached hydrogens (tertiary/aromatic N) is 2. The van der Waals surface area contributed by atoms with E-state index in [4.69, 9.17) is 5.11 Å². The summed E-state index contributed by atoms with van der Waals surface area (Å²) < 4.78 is 0. The second-order valence-corrected chi connectivity index (χ2v) is 5.73. The number of carboxylic acids is 1. The number of likely N-dealkylation sites (N-methyl/N-ethyl adjacent to an activating group) is 1. The van der Waals surface area contributed by atoms with E-state index in [0.717, 1.165) is 9.80 Å². The van der Waals surface area contributed by atoms with Gasteiger partial charge in [0.15, 0.2) is 0 Å². The molecule has 8 nitrogen and oxygen atoms in total. The standard InChI is InChI=1S/C13H23N3O5/c1-8(2)5-14-11(18)7-15(3)13(21)16-6-9(17)4-10(16)12(19)20/h8-10,17H,4-7H2,1-3H3,(H,14,18)(H,19,20)/t9-,10+/m1/s1. The largest absolute Gasteiger partial charge is 0.480 e. The number of aliphatic hydroxyl groups is 1. The van der Waals surface area contributed by atoms with Crippen LogP contribution >= 0.6 is 0 Å². The van der Waals surface area contributed by atoms with Gasteiger partial charge in [0.05, 0.1) is 6.10 Å². The Balaban J connectivity index is 2.57. The van der Waals surface area contributed by atoms with Crippen LogP contribution in [0.2, 0.25) is 0 Å². The zero-order chi connectivity index (χ0) is 16.2. The summed E-state index contributed by atoms with van der Waals surface area (Å²) in [7, 11) is 1.43. The number of aliphatic carboxylic acids is 1. The van der Waals surface area contributed by atoms with Gasteiger partial charge in [-0.25, -0.2) is 9.59 Å². The van der Waals surface area contributed by atoms with Crippen molar-refractivity contribution in [3.05, 3.63) is 0 Å². The Bertz CT molecular complexity index is 413. The summed E-state index contributed by atoms with van der Waals surface area (Å²) in [5.74, 6) is -1.15. The zero-order valence-electron chi connectivity index (χ0n) is 12.6. The maximum Gasteiger partial charge on any atom is 0.326 e. The van der Waals surface area contributed by atoms with Crippen LogP contribution in [0.3, 0.4) is 0 Å². The smallest absolute Gasteiger partial charge is 0.326 e. The summed E-state index contributed by atoms with van der Waals surface area (Å²) in [4.78, 5) is 37.2. The predicted molar refractivity (Wildman–Crippen MR) is 74.6 cm³/mol. The van der Waals surface area contributed by atoms with Crippen molar-refractivity contribution in [3.8, 4) is 0 Å². The van der Waals surface area contributed by atoms with E-state index in [9.17, 15) is 19.5 Å². The van der Waals surface area contributed by atoms with Crippen molar-refractivity contribution in [2.24, 2.45) is 5.92 Å². The minimum atomic E-state index is -1.16. The molecular formula is C13H23N3O5. The van der Waals surface area contributed by atoms with E-state index in [-0.39, 0.29) is 25.4 Å². The highest BCUT2D eigenvalue weighted by Gasteiger charge is 2.40. The lowest BCUT2D eigenvalue weighted by Gasteiger charge is -2.27. The SMILES string of the molecule is CC(C)CNC(=O)CN(C)C(=O)N1C[C@H](O)C[C@H]1C(=O)O. The van der Waals surface area contributed by atoms with Crippen molar-refractivity contribution in [1.29, 1.82) is 0 Å². The van der Waals surface area contributed by atoms with Gasteiger partial charge in [0.25, 0.3) is 0 Å². The van der Waals surface area contributed by atoms with Crippen LogP contribution in [0.25, 0.3) is 0 Å². The van der Waals surface area contributed by atoms with Crippen molar-refractivity contribution in [2.45, 2.75) is 32.4 Å². The number of urea groups is 1. The van der Waals surface area contributed by atoms with Crippen molar-refractivity contribution in [1.82, 2.24) is 15.1 Å². The second kappa shape index (κ2) is 7.26. The molecule has 1 fully saturated rings. The monoisotopic (exact) mass is 301 g/mol. The summed E-state index contributed by atoms with van der Waals surface area (Å²) >= 11 is 0. The van der Waals surface area contributed by atoms with Gasteiger partial charge in [-0.2, -0.15) is 0 Å². The molecule has 1 rings (SSSR count). The Morgan fingerprint density at radius 1 is 1.38 bits per heavy atom. The molecule has 0 aromatic heterocycles. The molecule has 1 saturated heterocycles. The van der Waals surface area contributed by atoms with E-state index in [1.165, 1.54) is 7.05 Å². The Kier molecular flexibility index (Phi) is 5.95. The summed E-state index contributed by atoms with van der Waals surface area (Å²) in [5, 5.41) is 21.3. The molecule has 120 valence electrons. The molecule has 0 unspecified atom stereocenters. The molecule has 1 aliphatic rings. The minimum absolute atomic E-state index is 0.00839. The van der Waals surface area contributed by atoms with E-state index >= 15 is 0 Å². The average molecular weight is 301 g/mol. The van der Waals surface area contributed by atoms with Gasteiger partial charge in [0.1, 0.15) is 12.6 Å². The maximum absolute atomic E-state index is 12.2. The zero-order valence-corrected chi connectivity index (χ0v) is 12.6. The molecular weight excluding hydrogens is 278 g/mol. The molecule has 1 aliphatic heterocycles. The summed E-state index contributed by atoms with van der Waals surface area (Å²) in [6.07, 6.45) is -0.840. The van der Waals surface area contributed by atoms with Crippen molar-refractivity contribution < 1.29 is 24.6 Å². The number of amides is 3. The molecule has 0 bridgehead atoms. The fourth-order valence-electron chi connectivity index (χ4n) is 2.14. The van der Waals surface area contributed by atoms with Gasteiger partial charge in [-0.05, 0) is 5.92 Å². The number of nitrogens with one attached hydrogen (secondary N) is 1. The fraction of sp³-hybridized carbons (Fsp3) is 0.769. The lowest BCUT2D eigenvalue weighted by atomic mass is 10.2. The van der Waals surface area contributed by atoms with Gasteiger partial charge < -0.3 is 25.3 Å². The molecule has 0 aromatic carbocycles. The van der Waals surface area contributed by atoms with E-state index in [2.05, 4.69) is 5.32 Å². The summed E-state index contributed by atoms with van der Waals surface area (Å²) in [6, 6.07) is -1.62. The minimum Gasteiger partial charge on any atom is -0.480 e. The number of hydrogen-bond acceptors (Lipinski definition) is 4. The number of likely N-dealkylation sites (tertiary alicyclic amines) is 1. The highest BCUT2D eigenvalue weighted by Crippen LogP contribution is 2.19. The van der Waals surface area contributed by atoms with Gasteiger partial charge in [-0.15, -0.1) is 0 Å². The number of carbonyl (C=O) groups is 3. The first-order valence-electron chi connectivity index (χ1n) is 6.91. The highest BCUT2D eigenvalue weighted by atomic mass is 16.4. The second-order valence-electron chi connectivity index (χ2n) is 5.73. The number of aliphatic hydroxyl groups excluding tert-OH is 1. The first kappa shape index (κ1) is 17.2. The van der Waals surface area contributed by atoms with Crippen LogP contribution in [-0.2, 0) is 9.59 Å². The highest BCUT2D eigenvalue weighted by molar-refractivity contribution is 5.87. The molecule has 21 heavy (non-hydrogen) atoms. The third kappa shape index (κ3) is 4.89. The molecule has 3 amide bonds. The van der Waals surface area contributed by atoms with Crippen LogP contribution in [0.15, 0.2) is 0 Å². The molecule has 3 N–H and O–H groups in total. The van der Waals surface area contributed by atoms with E-state index in [1.807, 2.05) is 13.8 Å². The number of β-amino-alcohol motifs (C(OH)–C–C–N with tert-alkyl or cyclic N) is 1. The van der Waals surface area contributed by atoms with Gasteiger partial charge in [-0.3, -0.25) is 4.79 Å². The van der Waals surface area contributed by atoms with E-state index in [0.29, 0.717) is 12.5 Å². The van der Waals surface area contributed by atoms with Crippen molar-refractivity contribution in [3.63, 3.8) is 0 Å². The van der Waals surface area contributed by atoms with Crippen LogP contribution in [0.1, 0.15) is 20.3 Å². The third-order valence-electron chi connectivity index (χ3n) is 3.22. The van der Waals surface area contributed by atoms with Gasteiger partial charge in [-0.1, -0.05) is 13.8 Å². The van der Waals surface area contributed by atoms with Crippen LogP contribution in [0, 0.1) is 5.92 Å². The first-order chi connectivity index (χ1) is 9.72. The van der Waals surface area contributed by atoms with Crippen molar-refractivity contribution in [2.75, 3.05) is 26.7 Å². The molecule has 0 radical (unpaired) electrons. The first-order valence-corrected chi connectivity index (χ1v) is 6.91. The van der Waals surface area contributed by atoms with E-state index < -0.39 is 24.1 Å². The molecule has 0 saturated carbocycles. The van der Waals surface area contributed by atoms with Gasteiger partial charge in [0, 0.05) is 26.6 Å². The molecule has 1 heterocycles. The number of rotatable bonds is 5. The van der Waals surface area contributed by atoms with Crippen LogP contribution in [0.4, 0.5) is 4.79 Å². The lowest BCUT2D eigenvalue weighted by Crippen LogP contribution is -2.49. The molecule has 0 aromatic rings. The summed E-state index contributed by atoms with van der Waals surface area (Å²) in [5.41, 5.74) is 0. The lowest BCUT2D eigenvalue weighted by molar-refractivity contribution is -0.141. The molecule has 0 aliphatic carbocycles. The van der Waals surface area contributed by atoms with Crippen molar-refractivity contribution >= 4 is 17.9 Å². The average Bonchev–Trinajstić information content (AvgIpc) is 2.77. The quantitative estimate of drug-likeness (QED) is 0.624. The number of carboxylic acid groups (broad SMARTS) is 1. The normalized spacial score (nSPS) is 21.5. The van der Waals surface area contributed by atoms with Gasteiger partial charge in [0.2, 0.25) is 5.91 Å². The third-order valence-corrected chi connectivity index (χ3v) is 3.22. The molecule has 0 spiro atoms. The predicted octanol–water partition coefficient (Wildman–Crippen LogP) is -0.670. The maximum atomic E-state index is 12.2. The van der Waals surface area contributed by atoms with Crippen LogP contribution in [-0.4, -0.2) is 76.7 Å². The summed E-state index contributed by atoms with van der Waals surface area (Å²) in [6.45, 7) is 4.25. The van der Waals surface area contributed by atoms with Gasteiger partial charge >= 0.3 is 12.0 Å². The fourth-order valence-corrected chi connectivity index (χ4v) is 2.14. The molecule has 8 heteroatoms. The number of carbonyl (C=O) groups excluding carboxylic acids is 2. The van der Waals surface area contributed by atoms with E-state index in [1.54, 1.807) is 0 Å². The molecule has 2 atom stereocenters. The van der Waals surface area contributed by atoms with Crippen LogP contribution < -0.4 is 5.32 Å². The Morgan fingerprint density at radius 3 is 2.52 bits per heavy atom.